The van der Waals surface area contributed by atoms with E-state index in [2.05, 4.69) is 0 Å². The molecule has 1 N–H and O–H groups in total. The maximum atomic E-state index is 13.2. The third-order valence-corrected chi connectivity index (χ3v) is 3.98. The molecule has 0 spiro atoms. The zero-order valence-electron chi connectivity index (χ0n) is 11.1. The van der Waals surface area contributed by atoms with Gasteiger partial charge in [-0.05, 0) is 31.9 Å². The molecule has 1 saturated heterocycles. The highest BCUT2D eigenvalue weighted by Gasteiger charge is 2.28. The molecule has 2 unspecified atom stereocenters. The van der Waals surface area contributed by atoms with Crippen molar-refractivity contribution in [2.45, 2.75) is 25.9 Å². The minimum Gasteiger partial charge on any atom is -0.393 e. The van der Waals surface area contributed by atoms with Crippen molar-refractivity contribution in [3.63, 3.8) is 0 Å². The smallest absolute Gasteiger partial charge is 0.255 e. The van der Waals surface area contributed by atoms with Crippen LogP contribution in [0.3, 0.4) is 0 Å². The zero-order chi connectivity index (χ0) is 14.9. The lowest BCUT2D eigenvalue weighted by Crippen LogP contribution is -2.43. The molecule has 1 aliphatic rings. The van der Waals surface area contributed by atoms with Crippen LogP contribution in [0.1, 0.15) is 30.1 Å². The molecule has 110 valence electrons. The lowest BCUT2D eigenvalue weighted by Gasteiger charge is -2.34. The van der Waals surface area contributed by atoms with Gasteiger partial charge in [-0.3, -0.25) is 4.79 Å². The molecule has 0 bridgehead atoms. The van der Waals surface area contributed by atoms with Gasteiger partial charge in [0.25, 0.3) is 5.91 Å². The van der Waals surface area contributed by atoms with Crippen molar-refractivity contribution in [2.75, 3.05) is 13.1 Å². The van der Waals surface area contributed by atoms with Crippen LogP contribution in [0, 0.1) is 17.6 Å². The Kier molecular flexibility index (Phi) is 4.60. The number of carbonyl (C=O) groups is 1. The summed E-state index contributed by atoms with van der Waals surface area (Å²) in [7, 11) is 0. The highest BCUT2D eigenvalue weighted by Crippen LogP contribution is 2.25. The molecule has 3 nitrogen and oxygen atoms in total. The predicted molar refractivity (Wildman–Crippen MR) is 71.7 cm³/mol. The van der Waals surface area contributed by atoms with Crippen LogP contribution in [0.25, 0.3) is 0 Å². The average molecular weight is 304 g/mol. The van der Waals surface area contributed by atoms with E-state index < -0.39 is 23.6 Å². The molecule has 1 aromatic rings. The highest BCUT2D eigenvalue weighted by atomic mass is 35.5. The van der Waals surface area contributed by atoms with E-state index >= 15 is 0 Å². The van der Waals surface area contributed by atoms with Gasteiger partial charge in [-0.25, -0.2) is 8.78 Å². The molecule has 0 aromatic heterocycles. The molecular weight excluding hydrogens is 288 g/mol. The van der Waals surface area contributed by atoms with Crippen LogP contribution in [-0.2, 0) is 0 Å². The molecule has 20 heavy (non-hydrogen) atoms. The normalized spacial score (nSPS) is 20.9. The summed E-state index contributed by atoms with van der Waals surface area (Å²) >= 11 is 5.81. The number of nitrogens with zero attached hydrogens (tertiary/aromatic N) is 1. The Balaban J connectivity index is 2.21. The van der Waals surface area contributed by atoms with Crippen LogP contribution in [0.5, 0.6) is 0 Å². The van der Waals surface area contributed by atoms with Crippen molar-refractivity contribution >= 4 is 17.5 Å². The number of aliphatic hydroxyl groups is 1. The third kappa shape index (κ3) is 3.10. The summed E-state index contributed by atoms with van der Waals surface area (Å²) in [5.74, 6) is -2.61. The summed E-state index contributed by atoms with van der Waals surface area (Å²) < 4.78 is 26.3. The summed E-state index contributed by atoms with van der Waals surface area (Å²) in [5.41, 5.74) is -0.0446. The summed E-state index contributed by atoms with van der Waals surface area (Å²) in [6.07, 6.45) is 1.10. The number of hydrogen-bond donors (Lipinski definition) is 1. The molecule has 2 atom stereocenters. The maximum Gasteiger partial charge on any atom is 0.255 e. The van der Waals surface area contributed by atoms with Gasteiger partial charge in [0.05, 0.1) is 16.7 Å². The largest absolute Gasteiger partial charge is 0.393 e. The van der Waals surface area contributed by atoms with Gasteiger partial charge < -0.3 is 10.0 Å². The minimum atomic E-state index is -1.10. The van der Waals surface area contributed by atoms with Crippen molar-refractivity contribution in [3.8, 4) is 0 Å². The van der Waals surface area contributed by atoms with Gasteiger partial charge in [-0.1, -0.05) is 11.6 Å². The monoisotopic (exact) mass is 303 g/mol. The van der Waals surface area contributed by atoms with Gasteiger partial charge in [-0.2, -0.15) is 0 Å². The summed E-state index contributed by atoms with van der Waals surface area (Å²) in [5, 5.41) is 9.51. The van der Waals surface area contributed by atoms with Crippen molar-refractivity contribution in [2.24, 2.45) is 5.92 Å². The minimum absolute atomic E-state index is 0.00299. The number of rotatable bonds is 2. The predicted octanol–water partition coefficient (Wildman–Crippen LogP) is 2.85. The van der Waals surface area contributed by atoms with Crippen LogP contribution in [0.2, 0.25) is 5.02 Å². The van der Waals surface area contributed by atoms with Crippen LogP contribution < -0.4 is 0 Å². The van der Waals surface area contributed by atoms with E-state index in [9.17, 15) is 18.7 Å². The molecule has 1 aromatic carbocycles. The summed E-state index contributed by atoms with van der Waals surface area (Å²) in [4.78, 5) is 13.9. The molecule has 1 fully saturated rings. The lowest BCUT2D eigenvalue weighted by molar-refractivity contribution is 0.0466. The number of aliphatic hydroxyl groups excluding tert-OH is 1. The quantitative estimate of drug-likeness (QED) is 0.854. The van der Waals surface area contributed by atoms with E-state index in [1.807, 2.05) is 0 Å². The van der Waals surface area contributed by atoms with Gasteiger partial charge in [-0.15, -0.1) is 0 Å². The number of amides is 1. The highest BCUT2D eigenvalue weighted by molar-refractivity contribution is 6.33. The van der Waals surface area contributed by atoms with Crippen LogP contribution in [0.15, 0.2) is 12.1 Å². The number of piperidine rings is 1. The molecule has 0 aliphatic carbocycles. The SMILES string of the molecule is CC(O)C1CCCN(C(=O)c2cc(F)c(F)cc2Cl)C1. The van der Waals surface area contributed by atoms with Crippen molar-refractivity contribution in [1.29, 1.82) is 0 Å². The summed E-state index contributed by atoms with van der Waals surface area (Å²) in [6.45, 7) is 2.60. The maximum absolute atomic E-state index is 13.2. The Hall–Kier alpha value is -1.20. The summed E-state index contributed by atoms with van der Waals surface area (Å²) in [6, 6.07) is 1.63. The Bertz CT molecular complexity index is 522. The molecule has 1 heterocycles. The van der Waals surface area contributed by atoms with E-state index in [0.29, 0.717) is 13.1 Å². The Morgan fingerprint density at radius 3 is 2.75 bits per heavy atom. The van der Waals surface area contributed by atoms with Gasteiger partial charge in [0.2, 0.25) is 0 Å². The van der Waals surface area contributed by atoms with E-state index in [1.165, 1.54) is 4.90 Å². The average Bonchev–Trinajstić information content (AvgIpc) is 2.42. The molecule has 2 rings (SSSR count). The molecule has 0 radical (unpaired) electrons. The number of halogens is 3. The number of carbonyl (C=O) groups excluding carboxylic acids is 1. The second-order valence-electron chi connectivity index (χ2n) is 5.14. The van der Waals surface area contributed by atoms with E-state index in [-0.39, 0.29) is 16.5 Å². The standard InChI is InChI=1S/C14H16ClF2NO2/c1-8(19)9-3-2-4-18(7-9)14(20)10-5-12(16)13(17)6-11(10)15/h5-6,8-9,19H,2-4,7H2,1H3. The van der Waals surface area contributed by atoms with E-state index in [0.717, 1.165) is 25.0 Å². The fraction of sp³-hybridized carbons (Fsp3) is 0.500. The van der Waals surface area contributed by atoms with Crippen LogP contribution >= 0.6 is 11.6 Å². The third-order valence-electron chi connectivity index (χ3n) is 3.67. The molecule has 1 amide bonds. The zero-order valence-corrected chi connectivity index (χ0v) is 11.8. The second-order valence-corrected chi connectivity index (χ2v) is 5.55. The van der Waals surface area contributed by atoms with Crippen molar-refractivity contribution < 1.29 is 18.7 Å². The Labute approximate surface area is 121 Å². The molecular formula is C14H16ClF2NO2. The first-order valence-corrected chi connectivity index (χ1v) is 6.90. The van der Waals surface area contributed by atoms with E-state index in [1.54, 1.807) is 6.92 Å². The Morgan fingerprint density at radius 1 is 1.45 bits per heavy atom. The van der Waals surface area contributed by atoms with Gasteiger partial charge in [0, 0.05) is 19.0 Å². The molecule has 1 aliphatic heterocycles. The lowest BCUT2D eigenvalue weighted by atomic mass is 9.93. The number of likely N-dealkylation sites (tertiary alicyclic amines) is 1. The Morgan fingerprint density at radius 2 is 2.10 bits per heavy atom. The second kappa shape index (κ2) is 6.06. The molecule has 0 saturated carbocycles. The number of benzene rings is 1. The first-order chi connectivity index (χ1) is 9.40. The van der Waals surface area contributed by atoms with Crippen molar-refractivity contribution in [3.05, 3.63) is 34.4 Å². The van der Waals surface area contributed by atoms with E-state index in [4.69, 9.17) is 11.6 Å². The van der Waals surface area contributed by atoms with Crippen molar-refractivity contribution in [1.82, 2.24) is 4.90 Å². The van der Waals surface area contributed by atoms with Crippen LogP contribution in [-0.4, -0.2) is 35.1 Å². The number of hydrogen-bond acceptors (Lipinski definition) is 2. The first-order valence-electron chi connectivity index (χ1n) is 6.52. The topological polar surface area (TPSA) is 40.5 Å². The van der Waals surface area contributed by atoms with Gasteiger partial charge in [0.15, 0.2) is 11.6 Å². The van der Waals surface area contributed by atoms with Gasteiger partial charge >= 0.3 is 0 Å². The first kappa shape index (κ1) is 15.2. The molecule has 6 heteroatoms. The van der Waals surface area contributed by atoms with Crippen LogP contribution in [0.4, 0.5) is 8.78 Å². The fourth-order valence-electron chi connectivity index (χ4n) is 2.44. The fourth-order valence-corrected chi connectivity index (χ4v) is 2.68. The van der Waals surface area contributed by atoms with Gasteiger partial charge in [0.1, 0.15) is 0 Å².